The smallest absolute Gasteiger partial charge is 0.282 e. The summed E-state index contributed by atoms with van der Waals surface area (Å²) in [6.45, 7) is 7.43. The summed E-state index contributed by atoms with van der Waals surface area (Å²) < 4.78 is 0. The third-order valence-corrected chi connectivity index (χ3v) is 5.56. The molecule has 0 spiro atoms. The van der Waals surface area contributed by atoms with Crippen LogP contribution in [0.15, 0.2) is 42.5 Å². The molecule has 0 radical (unpaired) electrons. The van der Waals surface area contributed by atoms with Gasteiger partial charge in [-0.3, -0.25) is 4.79 Å². The molecular weight excluding hydrogens is 350 g/mol. The lowest BCUT2D eigenvalue weighted by Crippen LogP contribution is -3.19. The number of hydrogen-bond donors (Lipinski definition) is 3. The fourth-order valence-electron chi connectivity index (χ4n) is 3.32. The summed E-state index contributed by atoms with van der Waals surface area (Å²) in [7, 11) is 0. The molecule has 1 fully saturated rings. The fourth-order valence-corrected chi connectivity index (χ4v) is 3.49. The number of quaternary nitrogens is 1. The Hall–Kier alpha value is -2.24. The van der Waals surface area contributed by atoms with Crippen LogP contribution in [0.2, 0.25) is 5.02 Å². The van der Waals surface area contributed by atoms with Gasteiger partial charge in [0, 0.05) is 16.4 Å². The monoisotopic (exact) mass is 374 g/mol. The molecule has 2 aromatic carbocycles. The lowest BCUT2D eigenvalue weighted by atomic mass is 10.1. The van der Waals surface area contributed by atoms with Gasteiger partial charge in [-0.15, -0.1) is 0 Å². The van der Waals surface area contributed by atoms with Crippen molar-refractivity contribution < 1.29 is 14.8 Å². The summed E-state index contributed by atoms with van der Waals surface area (Å²) in [5.41, 5.74) is 2.77. The minimum absolute atomic E-state index is 0.0171. The van der Waals surface area contributed by atoms with E-state index >= 15 is 0 Å². The van der Waals surface area contributed by atoms with Crippen LogP contribution in [0.1, 0.15) is 12.5 Å². The van der Waals surface area contributed by atoms with Gasteiger partial charge in [0.25, 0.3) is 5.91 Å². The number of nitrogens with one attached hydrogen (secondary N) is 2. The lowest BCUT2D eigenvalue weighted by Gasteiger charge is -2.36. The summed E-state index contributed by atoms with van der Waals surface area (Å²) in [6, 6.07) is 12.7. The first-order valence-corrected chi connectivity index (χ1v) is 9.28. The summed E-state index contributed by atoms with van der Waals surface area (Å²) in [5.74, 6) is 0.295. The van der Waals surface area contributed by atoms with Crippen LogP contribution in [-0.4, -0.2) is 43.2 Å². The van der Waals surface area contributed by atoms with Gasteiger partial charge in [-0.25, -0.2) is 0 Å². The van der Waals surface area contributed by atoms with E-state index in [1.54, 1.807) is 12.1 Å². The predicted molar refractivity (Wildman–Crippen MR) is 105 cm³/mol. The van der Waals surface area contributed by atoms with Gasteiger partial charge in [0.1, 0.15) is 5.75 Å². The average molecular weight is 375 g/mol. The van der Waals surface area contributed by atoms with Crippen LogP contribution in [0, 0.1) is 6.92 Å². The molecule has 3 rings (SSSR count). The van der Waals surface area contributed by atoms with Crippen LogP contribution in [-0.2, 0) is 4.79 Å². The first-order chi connectivity index (χ1) is 12.5. The highest BCUT2D eigenvalue weighted by Gasteiger charge is 2.29. The Labute approximate surface area is 159 Å². The molecule has 0 aliphatic carbocycles. The van der Waals surface area contributed by atoms with Crippen molar-refractivity contribution in [1.82, 2.24) is 0 Å². The van der Waals surface area contributed by atoms with Gasteiger partial charge in [0.05, 0.1) is 26.2 Å². The number of halogens is 1. The SMILES string of the molecule is Cc1c(Cl)cccc1NC(=O)[C@@H](C)[NH+]1CCN(c2ccc(O)cc2)CC1. The summed E-state index contributed by atoms with van der Waals surface area (Å²) >= 11 is 6.13. The molecule has 3 N–H and O–H groups in total. The van der Waals surface area contributed by atoms with Crippen molar-refractivity contribution in [3.63, 3.8) is 0 Å². The first-order valence-electron chi connectivity index (χ1n) is 8.90. The molecule has 1 heterocycles. The molecule has 0 bridgehead atoms. The number of aromatic hydroxyl groups is 1. The van der Waals surface area contributed by atoms with Crippen LogP contribution in [0.3, 0.4) is 0 Å². The van der Waals surface area contributed by atoms with Gasteiger partial charge in [0.2, 0.25) is 0 Å². The van der Waals surface area contributed by atoms with E-state index in [0.29, 0.717) is 5.02 Å². The number of carbonyl (C=O) groups is 1. The third-order valence-electron chi connectivity index (χ3n) is 5.15. The third kappa shape index (κ3) is 4.11. The van der Waals surface area contributed by atoms with E-state index in [0.717, 1.165) is 43.1 Å². The number of phenolic OH excluding ortho intramolecular Hbond substituents is 1. The van der Waals surface area contributed by atoms with Crippen LogP contribution < -0.4 is 15.1 Å². The molecule has 1 atom stereocenters. The predicted octanol–water partition coefficient (Wildman–Crippen LogP) is 2.09. The second kappa shape index (κ2) is 7.98. The molecule has 26 heavy (non-hydrogen) atoms. The average Bonchev–Trinajstić information content (AvgIpc) is 2.65. The van der Waals surface area contributed by atoms with Gasteiger partial charge >= 0.3 is 0 Å². The number of anilines is 2. The van der Waals surface area contributed by atoms with E-state index in [4.69, 9.17) is 11.6 Å². The molecule has 6 heteroatoms. The van der Waals surface area contributed by atoms with E-state index in [9.17, 15) is 9.90 Å². The highest BCUT2D eigenvalue weighted by Crippen LogP contribution is 2.23. The molecule has 1 saturated heterocycles. The Bertz CT molecular complexity index is 771. The normalized spacial score (nSPS) is 16.3. The van der Waals surface area contributed by atoms with Crippen LogP contribution >= 0.6 is 11.6 Å². The van der Waals surface area contributed by atoms with Crippen molar-refractivity contribution in [2.45, 2.75) is 19.9 Å². The Balaban J connectivity index is 1.57. The van der Waals surface area contributed by atoms with E-state index in [1.807, 2.05) is 44.2 Å². The van der Waals surface area contributed by atoms with Gasteiger partial charge < -0.3 is 20.2 Å². The quantitative estimate of drug-likeness (QED) is 0.768. The number of piperazine rings is 1. The molecule has 1 amide bonds. The molecule has 5 nitrogen and oxygen atoms in total. The van der Waals surface area contributed by atoms with Crippen molar-refractivity contribution in [1.29, 1.82) is 0 Å². The summed E-state index contributed by atoms with van der Waals surface area (Å²) in [4.78, 5) is 16.2. The van der Waals surface area contributed by atoms with Crippen molar-refractivity contribution in [2.75, 3.05) is 36.4 Å². The zero-order chi connectivity index (χ0) is 18.7. The standard InChI is InChI=1S/C20H24ClN3O2/c1-14-18(21)4-3-5-19(14)22-20(26)15(2)23-10-12-24(13-11-23)16-6-8-17(25)9-7-16/h3-9,15,25H,10-13H2,1-2H3,(H,22,26)/p+1/t15-/m1/s1. The topological polar surface area (TPSA) is 57.0 Å². The number of benzene rings is 2. The maximum absolute atomic E-state index is 12.6. The Morgan fingerprint density at radius 1 is 1.19 bits per heavy atom. The molecule has 0 saturated carbocycles. The van der Waals surface area contributed by atoms with Crippen molar-refractivity contribution in [3.05, 3.63) is 53.1 Å². The lowest BCUT2D eigenvalue weighted by molar-refractivity contribution is -0.914. The number of amides is 1. The van der Waals surface area contributed by atoms with E-state index < -0.39 is 0 Å². The zero-order valence-corrected chi connectivity index (χ0v) is 15.9. The van der Waals surface area contributed by atoms with Gasteiger partial charge in [-0.1, -0.05) is 17.7 Å². The van der Waals surface area contributed by atoms with Gasteiger partial charge in [-0.05, 0) is 55.8 Å². The summed E-state index contributed by atoms with van der Waals surface area (Å²) in [5, 5.41) is 13.1. The molecule has 138 valence electrons. The summed E-state index contributed by atoms with van der Waals surface area (Å²) in [6.07, 6.45) is 0. The van der Waals surface area contributed by atoms with Crippen molar-refractivity contribution >= 4 is 28.9 Å². The molecule has 1 aliphatic heterocycles. The molecule has 2 aromatic rings. The second-order valence-electron chi connectivity index (χ2n) is 6.79. The van der Waals surface area contributed by atoms with Crippen molar-refractivity contribution in [3.8, 4) is 5.75 Å². The van der Waals surface area contributed by atoms with Crippen LogP contribution in [0.25, 0.3) is 0 Å². The number of carbonyl (C=O) groups excluding carboxylic acids is 1. The zero-order valence-electron chi connectivity index (χ0n) is 15.1. The molecule has 1 aliphatic rings. The minimum Gasteiger partial charge on any atom is -0.508 e. The second-order valence-corrected chi connectivity index (χ2v) is 7.19. The molecular formula is C20H25ClN3O2+. The Kier molecular flexibility index (Phi) is 5.69. The van der Waals surface area contributed by atoms with Crippen LogP contribution in [0.4, 0.5) is 11.4 Å². The van der Waals surface area contributed by atoms with E-state index in [-0.39, 0.29) is 17.7 Å². The van der Waals surface area contributed by atoms with E-state index in [1.165, 1.54) is 4.90 Å². The Morgan fingerprint density at radius 2 is 1.85 bits per heavy atom. The number of phenols is 1. The van der Waals surface area contributed by atoms with Crippen molar-refractivity contribution in [2.24, 2.45) is 0 Å². The molecule has 0 unspecified atom stereocenters. The largest absolute Gasteiger partial charge is 0.508 e. The highest BCUT2D eigenvalue weighted by molar-refractivity contribution is 6.31. The fraction of sp³-hybridized carbons (Fsp3) is 0.350. The van der Waals surface area contributed by atoms with Gasteiger partial charge in [0.15, 0.2) is 6.04 Å². The number of hydrogen-bond acceptors (Lipinski definition) is 3. The highest BCUT2D eigenvalue weighted by atomic mass is 35.5. The van der Waals surface area contributed by atoms with Gasteiger partial charge in [-0.2, -0.15) is 0 Å². The number of rotatable bonds is 4. The minimum atomic E-state index is -0.129. The Morgan fingerprint density at radius 3 is 2.50 bits per heavy atom. The maximum Gasteiger partial charge on any atom is 0.282 e. The first kappa shape index (κ1) is 18.5. The molecule has 0 aromatic heterocycles. The van der Waals surface area contributed by atoms with Crippen LogP contribution in [0.5, 0.6) is 5.75 Å². The van der Waals surface area contributed by atoms with E-state index in [2.05, 4.69) is 10.2 Å². The number of nitrogens with zero attached hydrogens (tertiary/aromatic N) is 1. The maximum atomic E-state index is 12.6.